The van der Waals surface area contributed by atoms with Crippen LogP contribution in [0.1, 0.15) is 0 Å². The zero-order valence-electron chi connectivity index (χ0n) is 9.10. The molecule has 16 heavy (non-hydrogen) atoms. The summed E-state index contributed by atoms with van der Waals surface area (Å²) in [6, 6.07) is 7.86. The smallest absolute Gasteiger partial charge is 0.120 e. The average molecular weight is 286 g/mol. The predicted octanol–water partition coefficient (Wildman–Crippen LogP) is 1.75. The van der Waals surface area contributed by atoms with E-state index in [-0.39, 0.29) is 0 Å². The van der Waals surface area contributed by atoms with Gasteiger partial charge in [0.15, 0.2) is 0 Å². The first-order valence-electron chi connectivity index (χ1n) is 5.49. The standard InChI is InChI=1S/C12H16BrNO2/c13-11-2-1-3-12(6-11)16-5-4-14-7-10(8-14)9-15/h1-3,6,10,15H,4-5,7-9H2. The molecular weight excluding hydrogens is 270 g/mol. The van der Waals surface area contributed by atoms with E-state index in [0.29, 0.717) is 19.1 Å². The first-order valence-corrected chi connectivity index (χ1v) is 6.29. The fourth-order valence-electron chi connectivity index (χ4n) is 1.82. The number of halogens is 1. The molecule has 0 unspecified atom stereocenters. The van der Waals surface area contributed by atoms with Crippen LogP contribution in [0.3, 0.4) is 0 Å². The quantitative estimate of drug-likeness (QED) is 0.895. The molecule has 88 valence electrons. The van der Waals surface area contributed by atoms with Crippen LogP contribution < -0.4 is 4.74 Å². The van der Waals surface area contributed by atoms with Gasteiger partial charge in [-0.2, -0.15) is 0 Å². The number of benzene rings is 1. The highest BCUT2D eigenvalue weighted by atomic mass is 79.9. The molecule has 0 aliphatic carbocycles. The summed E-state index contributed by atoms with van der Waals surface area (Å²) in [5, 5.41) is 8.87. The normalized spacial score (nSPS) is 17.1. The predicted molar refractivity (Wildman–Crippen MR) is 66.7 cm³/mol. The van der Waals surface area contributed by atoms with E-state index in [1.807, 2.05) is 24.3 Å². The Labute approximate surface area is 104 Å². The summed E-state index contributed by atoms with van der Waals surface area (Å²) < 4.78 is 6.66. The number of likely N-dealkylation sites (tertiary alicyclic amines) is 1. The Morgan fingerprint density at radius 1 is 1.44 bits per heavy atom. The van der Waals surface area contributed by atoms with Gasteiger partial charge in [0, 0.05) is 36.6 Å². The van der Waals surface area contributed by atoms with Gasteiger partial charge in [-0.15, -0.1) is 0 Å². The van der Waals surface area contributed by atoms with Gasteiger partial charge in [0.1, 0.15) is 12.4 Å². The monoisotopic (exact) mass is 285 g/mol. The van der Waals surface area contributed by atoms with Crippen LogP contribution in [0.15, 0.2) is 28.7 Å². The molecule has 0 aromatic heterocycles. The molecule has 1 fully saturated rings. The Balaban J connectivity index is 1.65. The fourth-order valence-corrected chi connectivity index (χ4v) is 2.20. The second-order valence-corrected chi connectivity index (χ2v) is 5.03. The number of hydrogen-bond acceptors (Lipinski definition) is 3. The Morgan fingerprint density at radius 3 is 2.94 bits per heavy atom. The minimum Gasteiger partial charge on any atom is -0.492 e. The van der Waals surface area contributed by atoms with E-state index in [4.69, 9.17) is 9.84 Å². The summed E-state index contributed by atoms with van der Waals surface area (Å²) in [5.74, 6) is 1.37. The van der Waals surface area contributed by atoms with Crippen molar-refractivity contribution >= 4 is 15.9 Å². The van der Waals surface area contributed by atoms with Crippen molar-refractivity contribution in [1.82, 2.24) is 4.90 Å². The van der Waals surface area contributed by atoms with Crippen LogP contribution in [0.2, 0.25) is 0 Å². The van der Waals surface area contributed by atoms with E-state index < -0.39 is 0 Å². The Hall–Kier alpha value is -0.580. The fraction of sp³-hybridized carbons (Fsp3) is 0.500. The van der Waals surface area contributed by atoms with Gasteiger partial charge in [0.05, 0.1) is 0 Å². The lowest BCUT2D eigenvalue weighted by atomic mass is 10.0. The van der Waals surface area contributed by atoms with Crippen molar-refractivity contribution in [3.63, 3.8) is 0 Å². The maximum Gasteiger partial charge on any atom is 0.120 e. The molecule has 0 radical (unpaired) electrons. The van der Waals surface area contributed by atoms with Crippen LogP contribution in [0.5, 0.6) is 5.75 Å². The molecule has 1 aromatic carbocycles. The molecule has 0 bridgehead atoms. The highest BCUT2D eigenvalue weighted by molar-refractivity contribution is 9.10. The van der Waals surface area contributed by atoms with Crippen molar-refractivity contribution < 1.29 is 9.84 Å². The maximum atomic E-state index is 8.87. The molecule has 0 saturated carbocycles. The number of hydrogen-bond donors (Lipinski definition) is 1. The van der Waals surface area contributed by atoms with E-state index in [1.54, 1.807) is 0 Å². The second kappa shape index (κ2) is 5.66. The van der Waals surface area contributed by atoms with E-state index in [9.17, 15) is 0 Å². The lowest BCUT2D eigenvalue weighted by Gasteiger charge is -2.37. The van der Waals surface area contributed by atoms with Gasteiger partial charge in [0.25, 0.3) is 0 Å². The zero-order valence-corrected chi connectivity index (χ0v) is 10.7. The Bertz CT molecular complexity index is 340. The molecule has 1 aliphatic rings. The summed E-state index contributed by atoms with van der Waals surface area (Å²) in [6.07, 6.45) is 0. The van der Waals surface area contributed by atoms with Gasteiger partial charge in [0.2, 0.25) is 0 Å². The van der Waals surface area contributed by atoms with Crippen LogP contribution in [0.4, 0.5) is 0 Å². The summed E-state index contributed by atoms with van der Waals surface area (Å²) in [6.45, 7) is 3.94. The van der Waals surface area contributed by atoms with Crippen molar-refractivity contribution in [2.45, 2.75) is 0 Å². The highest BCUT2D eigenvalue weighted by Crippen LogP contribution is 2.18. The average Bonchev–Trinajstić information content (AvgIpc) is 2.21. The molecule has 1 aromatic rings. The minimum absolute atomic E-state index is 0.309. The first-order chi connectivity index (χ1) is 7.78. The summed E-state index contributed by atoms with van der Waals surface area (Å²) in [5.41, 5.74) is 0. The molecular formula is C12H16BrNO2. The summed E-state index contributed by atoms with van der Waals surface area (Å²) in [4.78, 5) is 2.29. The van der Waals surface area contributed by atoms with E-state index in [1.165, 1.54) is 0 Å². The zero-order chi connectivity index (χ0) is 11.4. The largest absolute Gasteiger partial charge is 0.492 e. The lowest BCUT2D eigenvalue weighted by Crippen LogP contribution is -2.49. The van der Waals surface area contributed by atoms with Crippen LogP contribution in [0, 0.1) is 5.92 Å². The SMILES string of the molecule is OCC1CN(CCOc2cccc(Br)c2)C1. The minimum atomic E-state index is 0.309. The van der Waals surface area contributed by atoms with Crippen molar-refractivity contribution in [2.75, 3.05) is 32.8 Å². The number of ether oxygens (including phenoxy) is 1. The number of nitrogens with zero attached hydrogens (tertiary/aromatic N) is 1. The molecule has 3 nitrogen and oxygen atoms in total. The third-order valence-electron chi connectivity index (χ3n) is 2.76. The van der Waals surface area contributed by atoms with E-state index >= 15 is 0 Å². The van der Waals surface area contributed by atoms with Gasteiger partial charge in [-0.05, 0) is 18.2 Å². The molecule has 0 amide bonds. The third-order valence-corrected chi connectivity index (χ3v) is 3.26. The van der Waals surface area contributed by atoms with Gasteiger partial charge in [-0.3, -0.25) is 4.90 Å². The number of aliphatic hydroxyl groups is 1. The molecule has 0 atom stereocenters. The molecule has 1 saturated heterocycles. The molecule has 1 heterocycles. The van der Waals surface area contributed by atoms with Crippen molar-refractivity contribution in [2.24, 2.45) is 5.92 Å². The highest BCUT2D eigenvalue weighted by Gasteiger charge is 2.24. The van der Waals surface area contributed by atoms with Crippen LogP contribution in [0.25, 0.3) is 0 Å². The maximum absolute atomic E-state index is 8.87. The Kier molecular flexibility index (Phi) is 4.21. The van der Waals surface area contributed by atoms with Crippen LogP contribution >= 0.6 is 15.9 Å². The van der Waals surface area contributed by atoms with Crippen LogP contribution in [-0.4, -0.2) is 42.9 Å². The summed E-state index contributed by atoms with van der Waals surface area (Å²) in [7, 11) is 0. The molecule has 1 aliphatic heterocycles. The molecule has 4 heteroatoms. The van der Waals surface area contributed by atoms with E-state index in [0.717, 1.165) is 29.9 Å². The van der Waals surface area contributed by atoms with Gasteiger partial charge >= 0.3 is 0 Å². The third kappa shape index (κ3) is 3.20. The van der Waals surface area contributed by atoms with Gasteiger partial charge in [-0.25, -0.2) is 0 Å². The number of aliphatic hydroxyl groups excluding tert-OH is 1. The molecule has 1 N–H and O–H groups in total. The Morgan fingerprint density at radius 2 is 2.25 bits per heavy atom. The second-order valence-electron chi connectivity index (χ2n) is 4.11. The first kappa shape index (κ1) is 11.9. The van der Waals surface area contributed by atoms with E-state index in [2.05, 4.69) is 20.8 Å². The number of rotatable bonds is 5. The topological polar surface area (TPSA) is 32.7 Å². The van der Waals surface area contributed by atoms with Crippen molar-refractivity contribution in [3.05, 3.63) is 28.7 Å². The van der Waals surface area contributed by atoms with Crippen molar-refractivity contribution in [1.29, 1.82) is 0 Å². The lowest BCUT2D eigenvalue weighted by molar-refractivity contribution is 0.0439. The molecule has 2 rings (SSSR count). The van der Waals surface area contributed by atoms with Gasteiger partial charge < -0.3 is 9.84 Å². The molecule has 0 spiro atoms. The summed E-state index contributed by atoms with van der Waals surface area (Å²) >= 11 is 3.41. The van der Waals surface area contributed by atoms with Crippen molar-refractivity contribution in [3.8, 4) is 5.75 Å². The van der Waals surface area contributed by atoms with Gasteiger partial charge in [-0.1, -0.05) is 22.0 Å². The van der Waals surface area contributed by atoms with Crippen LogP contribution in [-0.2, 0) is 0 Å².